The number of benzene rings is 1. The van der Waals surface area contributed by atoms with Crippen LogP contribution in [0.3, 0.4) is 0 Å². The predicted octanol–water partition coefficient (Wildman–Crippen LogP) is 2.90. The second-order valence-electron chi connectivity index (χ2n) is 10.3. The van der Waals surface area contributed by atoms with Crippen molar-refractivity contribution >= 4 is 18.0 Å². The maximum atomic E-state index is 13.6. The number of aromatic nitrogens is 2. The van der Waals surface area contributed by atoms with Crippen LogP contribution in [0.15, 0.2) is 36.8 Å². The molecule has 0 aliphatic carbocycles. The summed E-state index contributed by atoms with van der Waals surface area (Å²) in [5, 5.41) is 12.2. The van der Waals surface area contributed by atoms with Gasteiger partial charge in [0.05, 0.1) is 54.3 Å². The number of esters is 1. The fraction of sp³-hybridized carbons (Fsp3) is 0.500. The lowest BCUT2D eigenvalue weighted by Gasteiger charge is -2.38. The molecule has 1 unspecified atom stereocenters. The Kier molecular flexibility index (Phi) is 8.03. The number of ether oxygens (including phenoxy) is 2. The third kappa shape index (κ3) is 6.62. The zero-order valence-electron chi connectivity index (χ0n) is 21.3. The predicted molar refractivity (Wildman–Crippen MR) is 130 cm³/mol. The monoisotopic (exact) mass is 495 g/mol. The molecule has 1 aromatic heterocycles. The van der Waals surface area contributed by atoms with Gasteiger partial charge in [0.1, 0.15) is 5.60 Å². The van der Waals surface area contributed by atoms with E-state index in [0.29, 0.717) is 17.7 Å². The second-order valence-corrected chi connectivity index (χ2v) is 10.3. The van der Waals surface area contributed by atoms with Crippen LogP contribution in [0.2, 0.25) is 0 Å². The smallest absolute Gasteiger partial charge is 0.410 e. The Morgan fingerprint density at radius 3 is 2.39 bits per heavy atom. The van der Waals surface area contributed by atoms with Gasteiger partial charge >= 0.3 is 12.1 Å². The zero-order chi connectivity index (χ0) is 26.5. The first-order valence-corrected chi connectivity index (χ1v) is 11.8. The van der Waals surface area contributed by atoms with Gasteiger partial charge in [0.2, 0.25) is 5.91 Å². The largest absolute Gasteiger partial charge is 0.469 e. The van der Waals surface area contributed by atoms with Gasteiger partial charge in [0, 0.05) is 19.5 Å². The highest BCUT2D eigenvalue weighted by Gasteiger charge is 2.41. The number of hydrogen-bond acceptors (Lipinski definition) is 7. The Bertz CT molecular complexity index is 1120. The number of nitrogens with zero attached hydrogens (tertiary/aromatic N) is 3. The van der Waals surface area contributed by atoms with Crippen molar-refractivity contribution in [2.24, 2.45) is 11.8 Å². The quantitative estimate of drug-likeness (QED) is 0.588. The molecular weight excluding hydrogens is 462 g/mol. The molecule has 2 amide bonds. The van der Waals surface area contributed by atoms with Crippen molar-refractivity contribution in [1.29, 1.82) is 5.26 Å². The van der Waals surface area contributed by atoms with Gasteiger partial charge in [0.25, 0.3) is 0 Å². The molecule has 0 spiro atoms. The van der Waals surface area contributed by atoms with E-state index in [4.69, 9.17) is 14.7 Å². The van der Waals surface area contributed by atoms with E-state index >= 15 is 0 Å². The maximum Gasteiger partial charge on any atom is 0.410 e. The van der Waals surface area contributed by atoms with Crippen molar-refractivity contribution in [2.45, 2.75) is 51.7 Å². The van der Waals surface area contributed by atoms with Gasteiger partial charge in [-0.1, -0.05) is 12.1 Å². The molecule has 1 aliphatic rings. The Hall–Kier alpha value is -3.87. The van der Waals surface area contributed by atoms with Crippen molar-refractivity contribution in [3.05, 3.63) is 53.6 Å². The minimum Gasteiger partial charge on any atom is -0.469 e. The van der Waals surface area contributed by atoms with E-state index < -0.39 is 35.0 Å². The summed E-state index contributed by atoms with van der Waals surface area (Å²) in [4.78, 5) is 47.4. The van der Waals surface area contributed by atoms with Crippen LogP contribution in [0.5, 0.6) is 0 Å². The molecule has 192 valence electrons. The van der Waals surface area contributed by atoms with Crippen LogP contribution in [0.4, 0.5) is 4.79 Å². The Morgan fingerprint density at radius 1 is 1.17 bits per heavy atom. The van der Waals surface area contributed by atoms with E-state index in [1.807, 2.05) is 19.1 Å². The van der Waals surface area contributed by atoms with Crippen molar-refractivity contribution < 1.29 is 23.9 Å². The van der Waals surface area contributed by atoms with Crippen molar-refractivity contribution in [2.75, 3.05) is 20.2 Å². The van der Waals surface area contributed by atoms with Crippen LogP contribution >= 0.6 is 0 Å². The minimum absolute atomic E-state index is 0.115. The lowest BCUT2D eigenvalue weighted by Crippen LogP contribution is -2.54. The van der Waals surface area contributed by atoms with Crippen molar-refractivity contribution in [3.8, 4) is 6.07 Å². The molecule has 36 heavy (non-hydrogen) atoms. The molecule has 2 aromatic rings. The van der Waals surface area contributed by atoms with Crippen LogP contribution in [0.1, 0.15) is 50.9 Å². The van der Waals surface area contributed by atoms with Crippen LogP contribution in [-0.2, 0) is 31.0 Å². The molecule has 1 aliphatic heterocycles. The van der Waals surface area contributed by atoms with Gasteiger partial charge in [-0.15, -0.1) is 0 Å². The van der Waals surface area contributed by atoms with Crippen LogP contribution in [-0.4, -0.2) is 58.6 Å². The van der Waals surface area contributed by atoms with Crippen LogP contribution < -0.4 is 5.32 Å². The highest BCUT2D eigenvalue weighted by Crippen LogP contribution is 2.29. The number of methoxy groups -OCH3 is 1. The lowest BCUT2D eigenvalue weighted by atomic mass is 9.85. The topological polar surface area (TPSA) is 137 Å². The molecule has 10 nitrogen and oxygen atoms in total. The zero-order valence-corrected chi connectivity index (χ0v) is 21.3. The van der Waals surface area contributed by atoms with Gasteiger partial charge in [-0.05, 0) is 51.8 Å². The van der Waals surface area contributed by atoms with Gasteiger partial charge in [-0.25, -0.2) is 9.78 Å². The summed E-state index contributed by atoms with van der Waals surface area (Å²) in [5.74, 6) is -2.08. The third-order valence-corrected chi connectivity index (χ3v) is 6.14. The molecule has 1 fully saturated rings. The van der Waals surface area contributed by atoms with Gasteiger partial charge in [0.15, 0.2) is 0 Å². The number of carbonyl (C=O) groups is 3. The highest BCUT2D eigenvalue weighted by atomic mass is 16.6. The fourth-order valence-corrected chi connectivity index (χ4v) is 4.35. The number of rotatable bonds is 6. The van der Waals surface area contributed by atoms with E-state index in [9.17, 15) is 14.4 Å². The second kappa shape index (κ2) is 10.8. The molecule has 3 rings (SSSR count). The van der Waals surface area contributed by atoms with Crippen LogP contribution in [0, 0.1) is 23.2 Å². The summed E-state index contributed by atoms with van der Waals surface area (Å²) in [7, 11) is 1.29. The van der Waals surface area contributed by atoms with E-state index in [2.05, 4.69) is 21.4 Å². The number of imidazole rings is 1. The van der Waals surface area contributed by atoms with Crippen molar-refractivity contribution in [1.82, 2.24) is 20.2 Å². The summed E-state index contributed by atoms with van der Waals surface area (Å²) in [6.07, 6.45) is 3.28. The molecule has 2 N–H and O–H groups in total. The van der Waals surface area contributed by atoms with E-state index in [-0.39, 0.29) is 25.4 Å². The number of aromatic amines is 1. The number of nitriles is 1. The molecule has 0 saturated carbocycles. The minimum atomic E-state index is -0.864. The Balaban J connectivity index is 1.84. The first-order valence-electron chi connectivity index (χ1n) is 11.8. The summed E-state index contributed by atoms with van der Waals surface area (Å²) < 4.78 is 10.4. The summed E-state index contributed by atoms with van der Waals surface area (Å²) in [6.45, 7) is 7.39. The molecule has 0 radical (unpaired) electrons. The fourth-order valence-electron chi connectivity index (χ4n) is 4.35. The summed E-state index contributed by atoms with van der Waals surface area (Å²) in [6, 6.07) is 9.24. The first kappa shape index (κ1) is 26.7. The molecular formula is C26H33N5O5. The molecule has 0 bridgehead atoms. The number of H-pyrrole nitrogens is 1. The summed E-state index contributed by atoms with van der Waals surface area (Å²) >= 11 is 0. The molecule has 2 heterocycles. The Labute approximate surface area is 211 Å². The van der Waals surface area contributed by atoms with Crippen LogP contribution in [0.25, 0.3) is 0 Å². The number of carbonyl (C=O) groups excluding carboxylic acids is 3. The number of hydrogen-bond donors (Lipinski definition) is 2. The molecule has 3 atom stereocenters. The standard InChI is InChI=1S/C26H33N5O5/c1-25(2,3)36-24(34)31-14-19(10-20(15-31)23(33)35-5)22(32)30-26(4,21-13-28-16-29-21)11-17-6-8-18(12-27)9-7-17/h6-9,13,16,19-20H,10-11,14-15H2,1-5H3,(H,28,29)(H,30,32)/t19-,20-,26?/m1/s1. The normalized spacial score (nSPS) is 19.5. The molecule has 1 saturated heterocycles. The van der Waals surface area contributed by atoms with Gasteiger partial charge in [-0.2, -0.15) is 5.26 Å². The van der Waals surface area contributed by atoms with Gasteiger partial charge in [-0.3, -0.25) is 9.59 Å². The maximum absolute atomic E-state index is 13.6. The molecule has 10 heteroatoms. The van der Waals surface area contributed by atoms with E-state index in [1.54, 1.807) is 39.1 Å². The van der Waals surface area contributed by atoms with Gasteiger partial charge < -0.3 is 24.7 Å². The SMILES string of the molecule is COC(=O)[C@@H]1C[C@@H](C(=O)NC(C)(Cc2ccc(C#N)cc2)c2cnc[nH]2)CN(C(=O)OC(C)(C)C)C1. The van der Waals surface area contributed by atoms with Crippen molar-refractivity contribution in [3.63, 3.8) is 0 Å². The molecule has 1 aromatic carbocycles. The summed E-state index contributed by atoms with van der Waals surface area (Å²) in [5.41, 5.74) is 0.580. The highest BCUT2D eigenvalue weighted by molar-refractivity contribution is 5.83. The number of piperidine rings is 1. The first-order chi connectivity index (χ1) is 16.9. The Morgan fingerprint density at radius 2 is 1.83 bits per heavy atom. The van der Waals surface area contributed by atoms with E-state index in [0.717, 1.165) is 5.56 Å². The number of likely N-dealkylation sites (tertiary alicyclic amines) is 1. The number of nitrogens with one attached hydrogen (secondary N) is 2. The average Bonchev–Trinajstić information content (AvgIpc) is 3.38. The number of amides is 2. The third-order valence-electron chi connectivity index (χ3n) is 6.14. The lowest BCUT2D eigenvalue weighted by molar-refractivity contribution is -0.148. The van der Waals surface area contributed by atoms with E-state index in [1.165, 1.54) is 18.3 Å². The average molecular weight is 496 g/mol.